The molecule has 0 radical (unpaired) electrons. The second kappa shape index (κ2) is 5.83. The number of fused-ring (bicyclic) bond motifs is 1. The van der Waals surface area contributed by atoms with E-state index in [0.717, 1.165) is 5.56 Å². The summed E-state index contributed by atoms with van der Waals surface area (Å²) in [4.78, 5) is 15.4. The summed E-state index contributed by atoms with van der Waals surface area (Å²) < 4.78 is 42.7. The molecule has 3 aromatic rings. The zero-order chi connectivity index (χ0) is 17.5. The van der Waals surface area contributed by atoms with Gasteiger partial charge in [0.1, 0.15) is 5.52 Å². The summed E-state index contributed by atoms with van der Waals surface area (Å²) in [5.41, 5.74) is 2.39. The molecule has 0 aliphatic carbocycles. The first-order chi connectivity index (χ1) is 11.2. The summed E-state index contributed by atoms with van der Waals surface area (Å²) in [5, 5.41) is 1.71. The van der Waals surface area contributed by atoms with Gasteiger partial charge in [0, 0.05) is 5.56 Å². The van der Waals surface area contributed by atoms with Crippen molar-refractivity contribution in [1.82, 2.24) is 4.98 Å². The van der Waals surface area contributed by atoms with E-state index in [0.29, 0.717) is 16.7 Å². The Bertz CT molecular complexity index is 935. The topological polar surface area (TPSA) is 55.1 Å². The van der Waals surface area contributed by atoms with Crippen LogP contribution in [0.3, 0.4) is 0 Å². The molecule has 1 aromatic heterocycles. The average Bonchev–Trinajstić information content (AvgIpc) is 2.91. The highest BCUT2D eigenvalue weighted by Crippen LogP contribution is 2.31. The lowest BCUT2D eigenvalue weighted by molar-refractivity contribution is -0.167. The van der Waals surface area contributed by atoms with Crippen LogP contribution in [0.4, 0.5) is 18.9 Å². The van der Waals surface area contributed by atoms with Crippen LogP contribution in [0.1, 0.15) is 5.56 Å². The Morgan fingerprint density at radius 1 is 1.21 bits per heavy atom. The maximum Gasteiger partial charge on any atom is 0.471 e. The Morgan fingerprint density at radius 3 is 2.67 bits per heavy atom. The molecule has 24 heavy (non-hydrogen) atoms. The number of aromatic nitrogens is 1. The van der Waals surface area contributed by atoms with E-state index in [2.05, 4.69) is 4.98 Å². The van der Waals surface area contributed by atoms with Crippen molar-refractivity contribution in [1.29, 1.82) is 0 Å². The first kappa shape index (κ1) is 16.3. The Hall–Kier alpha value is -2.54. The molecule has 0 atom stereocenters. The number of benzene rings is 2. The summed E-state index contributed by atoms with van der Waals surface area (Å²) in [5.74, 6) is -1.88. The van der Waals surface area contributed by atoms with E-state index in [4.69, 9.17) is 16.0 Å². The van der Waals surface area contributed by atoms with Crippen LogP contribution in [0.15, 0.2) is 40.8 Å². The minimum atomic E-state index is -5.01. The number of halogens is 4. The number of amides is 1. The predicted molar refractivity (Wildman–Crippen MR) is 83.9 cm³/mol. The normalized spacial score (nSPS) is 11.7. The second-order valence-electron chi connectivity index (χ2n) is 5.14. The molecule has 0 saturated carbocycles. The highest BCUT2D eigenvalue weighted by molar-refractivity contribution is 6.33. The third-order valence-corrected chi connectivity index (χ3v) is 3.59. The molecule has 0 fully saturated rings. The number of nitrogens with zero attached hydrogens (tertiary/aromatic N) is 1. The lowest BCUT2D eigenvalue weighted by atomic mass is 10.2. The molecule has 2 aromatic carbocycles. The first-order valence-corrected chi connectivity index (χ1v) is 7.17. The molecular weight excluding hydrogens is 345 g/mol. The predicted octanol–water partition coefficient (Wildman–Crippen LogP) is 4.96. The van der Waals surface area contributed by atoms with Gasteiger partial charge in [-0.15, -0.1) is 0 Å². The van der Waals surface area contributed by atoms with Crippen LogP contribution < -0.4 is 5.32 Å². The number of rotatable bonds is 2. The number of alkyl halides is 3. The van der Waals surface area contributed by atoms with E-state index >= 15 is 0 Å². The lowest BCUT2D eigenvalue weighted by Crippen LogP contribution is -2.30. The molecule has 0 bridgehead atoms. The number of hydrogen-bond donors (Lipinski definition) is 1. The van der Waals surface area contributed by atoms with Gasteiger partial charge in [0.2, 0.25) is 5.89 Å². The molecule has 1 heterocycles. The van der Waals surface area contributed by atoms with E-state index < -0.39 is 12.1 Å². The van der Waals surface area contributed by atoms with E-state index in [1.165, 1.54) is 12.1 Å². The molecule has 0 aliphatic rings. The summed E-state index contributed by atoms with van der Waals surface area (Å²) in [6, 6.07) is 9.62. The Balaban J connectivity index is 1.99. The number of carbonyl (C=O) groups excluding carboxylic acids is 1. The van der Waals surface area contributed by atoms with Crippen molar-refractivity contribution in [3.05, 3.63) is 47.0 Å². The monoisotopic (exact) mass is 354 g/mol. The van der Waals surface area contributed by atoms with Crippen molar-refractivity contribution in [3.63, 3.8) is 0 Å². The van der Waals surface area contributed by atoms with Gasteiger partial charge in [0.15, 0.2) is 5.58 Å². The van der Waals surface area contributed by atoms with Crippen molar-refractivity contribution in [2.24, 2.45) is 0 Å². The quantitative estimate of drug-likeness (QED) is 0.707. The molecule has 3 rings (SSSR count). The highest BCUT2D eigenvalue weighted by atomic mass is 35.5. The van der Waals surface area contributed by atoms with Crippen molar-refractivity contribution >= 4 is 34.3 Å². The van der Waals surface area contributed by atoms with E-state index in [1.807, 2.05) is 19.1 Å². The maximum absolute atomic E-state index is 12.4. The molecule has 0 aliphatic heterocycles. The fourth-order valence-electron chi connectivity index (χ4n) is 2.11. The van der Waals surface area contributed by atoms with Crippen molar-refractivity contribution < 1.29 is 22.4 Å². The number of carbonyl (C=O) groups is 1. The average molecular weight is 355 g/mol. The van der Waals surface area contributed by atoms with E-state index in [1.54, 1.807) is 17.4 Å². The van der Waals surface area contributed by atoms with Crippen molar-refractivity contribution in [2.45, 2.75) is 13.1 Å². The Morgan fingerprint density at radius 2 is 1.96 bits per heavy atom. The van der Waals surface area contributed by atoms with Crippen LogP contribution in [-0.4, -0.2) is 17.1 Å². The third kappa shape index (κ3) is 3.21. The highest BCUT2D eigenvalue weighted by Gasteiger charge is 2.39. The SMILES string of the molecule is Cc1ccc2oc(-c3ccc(Cl)c(NC(=O)C(F)(F)F)c3)nc2c1. The van der Waals surface area contributed by atoms with Gasteiger partial charge in [-0.2, -0.15) is 13.2 Å². The van der Waals surface area contributed by atoms with Gasteiger partial charge in [-0.25, -0.2) is 4.98 Å². The zero-order valence-corrected chi connectivity index (χ0v) is 13.0. The molecule has 1 amide bonds. The number of nitrogens with one attached hydrogen (secondary N) is 1. The summed E-state index contributed by atoms with van der Waals surface area (Å²) in [6.07, 6.45) is -5.01. The molecule has 0 unspecified atom stereocenters. The van der Waals surface area contributed by atoms with Crippen LogP contribution in [-0.2, 0) is 4.79 Å². The molecule has 0 spiro atoms. The van der Waals surface area contributed by atoms with Gasteiger partial charge in [-0.05, 0) is 42.8 Å². The number of hydrogen-bond acceptors (Lipinski definition) is 3. The van der Waals surface area contributed by atoms with Gasteiger partial charge >= 0.3 is 12.1 Å². The van der Waals surface area contributed by atoms with Crippen LogP contribution >= 0.6 is 11.6 Å². The largest absolute Gasteiger partial charge is 0.471 e. The van der Waals surface area contributed by atoms with Crippen molar-refractivity contribution in [2.75, 3.05) is 5.32 Å². The maximum atomic E-state index is 12.4. The molecule has 124 valence electrons. The van der Waals surface area contributed by atoms with Gasteiger partial charge in [-0.1, -0.05) is 17.7 Å². The van der Waals surface area contributed by atoms with Gasteiger partial charge in [-0.3, -0.25) is 4.79 Å². The lowest BCUT2D eigenvalue weighted by Gasteiger charge is -2.10. The summed E-state index contributed by atoms with van der Waals surface area (Å²) in [6.45, 7) is 1.90. The second-order valence-corrected chi connectivity index (χ2v) is 5.54. The van der Waals surface area contributed by atoms with Crippen molar-refractivity contribution in [3.8, 4) is 11.5 Å². The third-order valence-electron chi connectivity index (χ3n) is 3.26. The molecular formula is C16H10ClF3N2O2. The van der Waals surface area contributed by atoms with Gasteiger partial charge in [0.05, 0.1) is 10.7 Å². The number of oxazole rings is 1. The number of anilines is 1. The fraction of sp³-hybridized carbons (Fsp3) is 0.125. The van der Waals surface area contributed by atoms with E-state index in [9.17, 15) is 18.0 Å². The summed E-state index contributed by atoms with van der Waals surface area (Å²) in [7, 11) is 0. The van der Waals surface area contributed by atoms with Crippen LogP contribution in [0.25, 0.3) is 22.6 Å². The van der Waals surface area contributed by atoms with Crippen LogP contribution in [0, 0.1) is 6.92 Å². The molecule has 4 nitrogen and oxygen atoms in total. The minimum Gasteiger partial charge on any atom is -0.436 e. The van der Waals surface area contributed by atoms with Crippen LogP contribution in [0.5, 0.6) is 0 Å². The molecule has 1 N–H and O–H groups in total. The number of aryl methyl sites for hydroxylation is 1. The molecule has 0 saturated heterocycles. The van der Waals surface area contributed by atoms with Gasteiger partial charge < -0.3 is 9.73 Å². The standard InChI is InChI=1S/C16H10ClF3N2O2/c1-8-2-5-13-12(6-8)21-14(24-13)9-3-4-10(17)11(7-9)22-15(23)16(18,19)20/h2-7H,1H3,(H,22,23). The first-order valence-electron chi connectivity index (χ1n) is 6.79. The summed E-state index contributed by atoms with van der Waals surface area (Å²) >= 11 is 5.84. The van der Waals surface area contributed by atoms with Crippen LogP contribution in [0.2, 0.25) is 5.02 Å². The molecule has 8 heteroatoms. The van der Waals surface area contributed by atoms with Gasteiger partial charge in [0.25, 0.3) is 0 Å². The van der Waals surface area contributed by atoms with E-state index in [-0.39, 0.29) is 16.6 Å². The smallest absolute Gasteiger partial charge is 0.436 e. The minimum absolute atomic E-state index is 0.0247. The zero-order valence-electron chi connectivity index (χ0n) is 12.2. The fourth-order valence-corrected chi connectivity index (χ4v) is 2.27. The Labute approximate surface area is 139 Å². The Kier molecular flexibility index (Phi) is 3.96.